The predicted octanol–water partition coefficient (Wildman–Crippen LogP) is 3.81. The molecule has 2 aromatic carbocycles. The third-order valence-corrected chi connectivity index (χ3v) is 4.43. The first kappa shape index (κ1) is 16.2. The number of carbonyl (C=O) groups excluding carboxylic acids is 1. The SMILES string of the molecule is Cc1ccccc1-c1nc(CNC(=O)COc2ccccc2)cs1. The summed E-state index contributed by atoms with van der Waals surface area (Å²) in [5.74, 6) is 0.521. The van der Waals surface area contributed by atoms with Crippen LogP contribution in [0.2, 0.25) is 0 Å². The Hall–Kier alpha value is -2.66. The zero-order chi connectivity index (χ0) is 16.8. The number of hydrogen-bond acceptors (Lipinski definition) is 4. The first-order chi connectivity index (χ1) is 11.7. The average Bonchev–Trinajstić information content (AvgIpc) is 3.08. The first-order valence-corrected chi connectivity index (χ1v) is 8.55. The van der Waals surface area contributed by atoms with Crippen molar-refractivity contribution in [3.8, 4) is 16.3 Å². The van der Waals surface area contributed by atoms with Crippen molar-refractivity contribution in [1.29, 1.82) is 0 Å². The minimum Gasteiger partial charge on any atom is -0.484 e. The highest BCUT2D eigenvalue weighted by molar-refractivity contribution is 7.13. The van der Waals surface area contributed by atoms with E-state index in [4.69, 9.17) is 4.74 Å². The van der Waals surface area contributed by atoms with Gasteiger partial charge in [-0.3, -0.25) is 4.79 Å². The van der Waals surface area contributed by atoms with E-state index in [0.717, 1.165) is 16.3 Å². The average molecular weight is 338 g/mol. The largest absolute Gasteiger partial charge is 0.484 e. The normalized spacial score (nSPS) is 10.4. The topological polar surface area (TPSA) is 51.2 Å². The molecule has 0 atom stereocenters. The molecule has 3 rings (SSSR count). The van der Waals surface area contributed by atoms with E-state index in [1.165, 1.54) is 5.56 Å². The summed E-state index contributed by atoms with van der Waals surface area (Å²) in [7, 11) is 0. The molecule has 0 spiro atoms. The standard InChI is InChI=1S/C19H18N2O2S/c1-14-7-5-6-10-17(14)19-21-15(13-24-19)11-20-18(22)12-23-16-8-3-2-4-9-16/h2-10,13H,11-12H2,1H3,(H,20,22). The summed E-state index contributed by atoms with van der Waals surface area (Å²) in [5.41, 5.74) is 3.18. The maximum absolute atomic E-state index is 11.9. The van der Waals surface area contributed by atoms with E-state index in [-0.39, 0.29) is 12.5 Å². The van der Waals surface area contributed by atoms with Crippen LogP contribution in [-0.4, -0.2) is 17.5 Å². The van der Waals surface area contributed by atoms with Crippen molar-refractivity contribution in [3.05, 3.63) is 71.2 Å². The van der Waals surface area contributed by atoms with Gasteiger partial charge in [0.05, 0.1) is 12.2 Å². The van der Waals surface area contributed by atoms with Crippen molar-refractivity contribution >= 4 is 17.2 Å². The maximum Gasteiger partial charge on any atom is 0.258 e. The minimum absolute atomic E-state index is 0.00119. The van der Waals surface area contributed by atoms with Crippen molar-refractivity contribution in [1.82, 2.24) is 10.3 Å². The van der Waals surface area contributed by atoms with Crippen LogP contribution in [0.15, 0.2) is 60.0 Å². The van der Waals surface area contributed by atoms with Gasteiger partial charge in [-0.1, -0.05) is 42.5 Å². The molecule has 0 bridgehead atoms. The number of rotatable bonds is 6. The van der Waals surface area contributed by atoms with Crippen LogP contribution in [0.3, 0.4) is 0 Å². The van der Waals surface area contributed by atoms with Crippen molar-refractivity contribution in [2.75, 3.05) is 6.61 Å². The Labute approximate surface area is 145 Å². The summed E-state index contributed by atoms with van der Waals surface area (Å²) in [6, 6.07) is 17.4. The van der Waals surface area contributed by atoms with Gasteiger partial charge >= 0.3 is 0 Å². The second kappa shape index (κ2) is 7.75. The molecule has 1 amide bonds. The molecule has 0 aliphatic heterocycles. The maximum atomic E-state index is 11.9. The van der Waals surface area contributed by atoms with Gasteiger partial charge in [0, 0.05) is 10.9 Å². The number of nitrogens with zero attached hydrogens (tertiary/aromatic N) is 1. The fourth-order valence-electron chi connectivity index (χ4n) is 2.23. The van der Waals surface area contributed by atoms with Crippen LogP contribution in [0, 0.1) is 6.92 Å². The summed E-state index contributed by atoms with van der Waals surface area (Å²) in [6.07, 6.45) is 0. The fraction of sp³-hybridized carbons (Fsp3) is 0.158. The number of nitrogens with one attached hydrogen (secondary N) is 1. The van der Waals surface area contributed by atoms with E-state index >= 15 is 0 Å². The smallest absolute Gasteiger partial charge is 0.258 e. The van der Waals surface area contributed by atoms with Crippen LogP contribution < -0.4 is 10.1 Å². The number of thiazole rings is 1. The summed E-state index contributed by atoms with van der Waals surface area (Å²) < 4.78 is 5.42. The van der Waals surface area contributed by atoms with Gasteiger partial charge in [0.15, 0.2) is 6.61 Å². The third kappa shape index (κ3) is 4.20. The van der Waals surface area contributed by atoms with E-state index in [2.05, 4.69) is 29.4 Å². The van der Waals surface area contributed by atoms with Gasteiger partial charge in [0.2, 0.25) is 0 Å². The molecule has 0 radical (unpaired) electrons. The molecule has 1 N–H and O–H groups in total. The zero-order valence-electron chi connectivity index (χ0n) is 13.4. The second-order valence-electron chi connectivity index (χ2n) is 5.34. The zero-order valence-corrected chi connectivity index (χ0v) is 14.2. The minimum atomic E-state index is -0.163. The van der Waals surface area contributed by atoms with Crippen LogP contribution in [0.4, 0.5) is 0 Å². The van der Waals surface area contributed by atoms with Crippen LogP contribution in [0.25, 0.3) is 10.6 Å². The van der Waals surface area contributed by atoms with Gasteiger partial charge in [0.1, 0.15) is 10.8 Å². The Kier molecular flexibility index (Phi) is 5.23. The molecule has 1 heterocycles. The Morgan fingerprint density at radius 2 is 1.88 bits per heavy atom. The Morgan fingerprint density at radius 1 is 1.12 bits per heavy atom. The molecule has 1 aromatic heterocycles. The van der Waals surface area contributed by atoms with Gasteiger partial charge in [-0.05, 0) is 24.6 Å². The molecule has 0 saturated carbocycles. The van der Waals surface area contributed by atoms with E-state index in [0.29, 0.717) is 12.3 Å². The molecule has 122 valence electrons. The quantitative estimate of drug-likeness (QED) is 0.743. The second-order valence-corrected chi connectivity index (χ2v) is 6.20. The number of aromatic nitrogens is 1. The lowest BCUT2D eigenvalue weighted by Gasteiger charge is -2.06. The predicted molar refractivity (Wildman–Crippen MR) is 96.1 cm³/mol. The lowest BCUT2D eigenvalue weighted by molar-refractivity contribution is -0.123. The van der Waals surface area contributed by atoms with Crippen molar-refractivity contribution in [2.24, 2.45) is 0 Å². The number of ether oxygens (including phenoxy) is 1. The van der Waals surface area contributed by atoms with Gasteiger partial charge in [0.25, 0.3) is 5.91 Å². The number of amides is 1. The molecule has 0 aliphatic rings. The van der Waals surface area contributed by atoms with Crippen LogP contribution >= 0.6 is 11.3 Å². The number of para-hydroxylation sites is 1. The molecule has 4 nitrogen and oxygen atoms in total. The van der Waals surface area contributed by atoms with E-state index in [1.54, 1.807) is 11.3 Å². The fourth-order valence-corrected chi connectivity index (χ4v) is 3.14. The Balaban J connectivity index is 1.52. The first-order valence-electron chi connectivity index (χ1n) is 7.67. The summed E-state index contributed by atoms with van der Waals surface area (Å²) >= 11 is 1.59. The van der Waals surface area contributed by atoms with Crippen LogP contribution in [0.5, 0.6) is 5.75 Å². The highest BCUT2D eigenvalue weighted by atomic mass is 32.1. The number of benzene rings is 2. The number of aryl methyl sites for hydroxylation is 1. The molecule has 3 aromatic rings. The molecular weight excluding hydrogens is 320 g/mol. The van der Waals surface area contributed by atoms with E-state index in [9.17, 15) is 4.79 Å². The molecule has 24 heavy (non-hydrogen) atoms. The highest BCUT2D eigenvalue weighted by Crippen LogP contribution is 2.26. The molecular formula is C19H18N2O2S. The number of carbonyl (C=O) groups is 1. The van der Waals surface area contributed by atoms with Gasteiger partial charge in [-0.25, -0.2) is 4.98 Å². The van der Waals surface area contributed by atoms with E-state index < -0.39 is 0 Å². The van der Waals surface area contributed by atoms with Gasteiger partial charge in [-0.15, -0.1) is 11.3 Å². The number of hydrogen-bond donors (Lipinski definition) is 1. The van der Waals surface area contributed by atoms with Gasteiger partial charge < -0.3 is 10.1 Å². The summed E-state index contributed by atoms with van der Waals surface area (Å²) in [4.78, 5) is 16.5. The molecule has 0 fully saturated rings. The van der Waals surface area contributed by atoms with Crippen LogP contribution in [-0.2, 0) is 11.3 Å². The van der Waals surface area contributed by atoms with Crippen molar-refractivity contribution in [3.63, 3.8) is 0 Å². The molecule has 5 heteroatoms. The molecule has 0 unspecified atom stereocenters. The van der Waals surface area contributed by atoms with Gasteiger partial charge in [-0.2, -0.15) is 0 Å². The van der Waals surface area contributed by atoms with Crippen LogP contribution in [0.1, 0.15) is 11.3 Å². The Bertz CT molecular complexity index is 815. The lowest BCUT2D eigenvalue weighted by Crippen LogP contribution is -2.28. The van der Waals surface area contributed by atoms with Crippen molar-refractivity contribution < 1.29 is 9.53 Å². The summed E-state index contributed by atoms with van der Waals surface area (Å²) in [6.45, 7) is 2.47. The van der Waals surface area contributed by atoms with Crippen molar-refractivity contribution in [2.45, 2.75) is 13.5 Å². The summed E-state index contributed by atoms with van der Waals surface area (Å²) in [5, 5.41) is 5.77. The molecule has 0 aliphatic carbocycles. The molecule has 0 saturated heterocycles. The van der Waals surface area contributed by atoms with E-state index in [1.807, 2.05) is 47.8 Å². The lowest BCUT2D eigenvalue weighted by atomic mass is 10.1. The third-order valence-electron chi connectivity index (χ3n) is 3.51. The monoisotopic (exact) mass is 338 g/mol. The Morgan fingerprint density at radius 3 is 2.67 bits per heavy atom. The highest BCUT2D eigenvalue weighted by Gasteiger charge is 2.08.